The molecule has 144 valence electrons. The topological polar surface area (TPSA) is 66.5 Å². The van der Waals surface area contributed by atoms with Crippen molar-refractivity contribution in [3.63, 3.8) is 0 Å². The van der Waals surface area contributed by atoms with Gasteiger partial charge in [0, 0.05) is 16.7 Å². The Labute approximate surface area is 160 Å². The highest BCUT2D eigenvalue weighted by atomic mass is 32.1. The van der Waals surface area contributed by atoms with Crippen molar-refractivity contribution in [3.8, 4) is 0 Å². The SMILES string of the molecule is CC(C)(C)C(=O)C(NC(=O)C1CCC(=O)N1Cc1cccs1)C(C)(C)C. The van der Waals surface area contributed by atoms with Crippen LogP contribution in [-0.4, -0.2) is 34.6 Å². The molecule has 0 bridgehead atoms. The summed E-state index contributed by atoms with van der Waals surface area (Å²) in [6.45, 7) is 11.9. The van der Waals surface area contributed by atoms with Gasteiger partial charge in [0.05, 0.1) is 12.6 Å². The van der Waals surface area contributed by atoms with Gasteiger partial charge in [0.25, 0.3) is 0 Å². The lowest BCUT2D eigenvalue weighted by Gasteiger charge is -2.36. The van der Waals surface area contributed by atoms with Crippen LogP contribution in [0.2, 0.25) is 0 Å². The van der Waals surface area contributed by atoms with Gasteiger partial charge in [-0.25, -0.2) is 0 Å². The van der Waals surface area contributed by atoms with Crippen molar-refractivity contribution in [1.82, 2.24) is 10.2 Å². The summed E-state index contributed by atoms with van der Waals surface area (Å²) in [6.07, 6.45) is 0.869. The van der Waals surface area contributed by atoms with Crippen molar-refractivity contribution in [2.45, 2.75) is 73.0 Å². The average molecular weight is 379 g/mol. The minimum absolute atomic E-state index is 0.00648. The number of hydrogen-bond donors (Lipinski definition) is 1. The third-order valence-corrected chi connectivity index (χ3v) is 5.55. The van der Waals surface area contributed by atoms with Gasteiger partial charge in [-0.15, -0.1) is 11.3 Å². The maximum atomic E-state index is 13.0. The first-order valence-corrected chi connectivity index (χ1v) is 9.96. The predicted octanol–water partition coefficient (Wildman–Crippen LogP) is 3.39. The molecule has 5 nitrogen and oxygen atoms in total. The van der Waals surface area contributed by atoms with Gasteiger partial charge < -0.3 is 10.2 Å². The van der Waals surface area contributed by atoms with E-state index < -0.39 is 22.9 Å². The molecule has 2 atom stereocenters. The Morgan fingerprint density at radius 2 is 1.92 bits per heavy atom. The molecule has 2 unspecified atom stereocenters. The van der Waals surface area contributed by atoms with Gasteiger partial charge in [-0.1, -0.05) is 47.6 Å². The summed E-state index contributed by atoms with van der Waals surface area (Å²) in [5, 5.41) is 4.92. The largest absolute Gasteiger partial charge is 0.344 e. The molecule has 1 fully saturated rings. The highest BCUT2D eigenvalue weighted by Gasteiger charge is 2.42. The van der Waals surface area contributed by atoms with Crippen LogP contribution in [-0.2, 0) is 20.9 Å². The lowest BCUT2D eigenvalue weighted by molar-refractivity contribution is -0.139. The summed E-state index contributed by atoms with van der Waals surface area (Å²) < 4.78 is 0. The van der Waals surface area contributed by atoms with E-state index in [-0.39, 0.29) is 17.6 Å². The molecule has 0 aliphatic carbocycles. The molecule has 2 rings (SSSR count). The van der Waals surface area contributed by atoms with Crippen LogP contribution in [0.25, 0.3) is 0 Å². The van der Waals surface area contributed by atoms with E-state index in [1.54, 1.807) is 16.2 Å². The molecule has 2 heterocycles. The smallest absolute Gasteiger partial charge is 0.243 e. The van der Waals surface area contributed by atoms with E-state index >= 15 is 0 Å². The number of likely N-dealkylation sites (tertiary alicyclic amines) is 1. The highest BCUT2D eigenvalue weighted by Crippen LogP contribution is 2.29. The van der Waals surface area contributed by atoms with Gasteiger partial charge >= 0.3 is 0 Å². The Balaban J connectivity index is 2.17. The van der Waals surface area contributed by atoms with Crippen LogP contribution in [0.3, 0.4) is 0 Å². The maximum Gasteiger partial charge on any atom is 0.243 e. The van der Waals surface area contributed by atoms with Crippen LogP contribution < -0.4 is 5.32 Å². The van der Waals surface area contributed by atoms with E-state index in [2.05, 4.69) is 5.32 Å². The van der Waals surface area contributed by atoms with E-state index in [1.807, 2.05) is 59.1 Å². The van der Waals surface area contributed by atoms with E-state index in [0.717, 1.165) is 4.88 Å². The Morgan fingerprint density at radius 3 is 2.42 bits per heavy atom. The van der Waals surface area contributed by atoms with Crippen molar-refractivity contribution in [2.24, 2.45) is 10.8 Å². The van der Waals surface area contributed by atoms with Crippen molar-refractivity contribution in [3.05, 3.63) is 22.4 Å². The van der Waals surface area contributed by atoms with E-state index in [0.29, 0.717) is 19.4 Å². The molecule has 0 aromatic carbocycles. The number of amides is 2. The third kappa shape index (κ3) is 4.72. The lowest BCUT2D eigenvalue weighted by Crippen LogP contribution is -2.56. The first-order chi connectivity index (χ1) is 11.9. The Morgan fingerprint density at radius 1 is 1.27 bits per heavy atom. The Hall–Kier alpha value is -1.69. The third-order valence-electron chi connectivity index (χ3n) is 4.69. The summed E-state index contributed by atoms with van der Waals surface area (Å²) in [4.78, 5) is 40.8. The van der Waals surface area contributed by atoms with Gasteiger partial charge in [0.1, 0.15) is 6.04 Å². The van der Waals surface area contributed by atoms with Gasteiger partial charge in [0.2, 0.25) is 11.8 Å². The van der Waals surface area contributed by atoms with Gasteiger partial charge in [0.15, 0.2) is 5.78 Å². The summed E-state index contributed by atoms with van der Waals surface area (Å²) in [6, 6.07) is 2.80. The van der Waals surface area contributed by atoms with Crippen molar-refractivity contribution in [2.75, 3.05) is 0 Å². The molecule has 1 aromatic heterocycles. The minimum Gasteiger partial charge on any atom is -0.344 e. The first-order valence-electron chi connectivity index (χ1n) is 9.08. The second-order valence-corrected chi connectivity index (χ2v) is 10.1. The standard InChI is InChI=1S/C20H30N2O3S/c1-19(2,3)16(17(24)20(4,5)6)21-18(25)14-9-10-15(23)22(14)12-13-8-7-11-26-13/h7-8,11,14,16H,9-10,12H2,1-6H3,(H,21,25). The molecule has 0 saturated carbocycles. The number of nitrogens with zero attached hydrogens (tertiary/aromatic N) is 1. The molecular weight excluding hydrogens is 348 g/mol. The van der Waals surface area contributed by atoms with Gasteiger partial charge in [-0.05, 0) is 23.3 Å². The summed E-state index contributed by atoms with van der Waals surface area (Å²) in [5.41, 5.74) is -0.950. The average Bonchev–Trinajstić information content (AvgIpc) is 3.13. The molecule has 1 aliphatic heterocycles. The second kappa shape index (κ2) is 7.51. The highest BCUT2D eigenvalue weighted by molar-refractivity contribution is 7.09. The molecular formula is C20H30N2O3S. The van der Waals surface area contributed by atoms with Crippen LogP contribution in [0.1, 0.15) is 59.3 Å². The number of carbonyl (C=O) groups is 3. The normalized spacial score (nSPS) is 19.5. The maximum absolute atomic E-state index is 13.0. The fourth-order valence-corrected chi connectivity index (χ4v) is 3.82. The Kier molecular flexibility index (Phi) is 5.95. The fourth-order valence-electron chi connectivity index (χ4n) is 3.12. The monoisotopic (exact) mass is 378 g/mol. The van der Waals surface area contributed by atoms with E-state index in [1.165, 1.54) is 0 Å². The molecule has 0 spiro atoms. The number of thiophene rings is 1. The molecule has 1 N–H and O–H groups in total. The molecule has 0 radical (unpaired) electrons. The minimum atomic E-state index is -0.589. The number of carbonyl (C=O) groups excluding carboxylic acids is 3. The predicted molar refractivity (Wildman–Crippen MR) is 104 cm³/mol. The number of Topliss-reactive ketones (excluding diaryl/α,β-unsaturated/α-hetero) is 1. The van der Waals surface area contributed by atoms with Crippen molar-refractivity contribution >= 4 is 28.9 Å². The van der Waals surface area contributed by atoms with E-state index in [4.69, 9.17) is 0 Å². The quantitative estimate of drug-likeness (QED) is 0.854. The molecule has 2 amide bonds. The van der Waals surface area contributed by atoms with E-state index in [9.17, 15) is 14.4 Å². The van der Waals surface area contributed by atoms with Gasteiger partial charge in [-0.3, -0.25) is 14.4 Å². The number of nitrogens with one attached hydrogen (secondary N) is 1. The van der Waals surface area contributed by atoms with Crippen LogP contribution in [0.5, 0.6) is 0 Å². The van der Waals surface area contributed by atoms with Crippen molar-refractivity contribution in [1.29, 1.82) is 0 Å². The number of hydrogen-bond acceptors (Lipinski definition) is 4. The summed E-state index contributed by atoms with van der Waals surface area (Å²) >= 11 is 1.57. The summed E-state index contributed by atoms with van der Waals surface area (Å²) in [5.74, 6) is -0.231. The molecule has 26 heavy (non-hydrogen) atoms. The second-order valence-electron chi connectivity index (χ2n) is 9.08. The van der Waals surface area contributed by atoms with Crippen LogP contribution in [0.15, 0.2) is 17.5 Å². The lowest BCUT2D eigenvalue weighted by atomic mass is 9.75. The summed E-state index contributed by atoms with van der Waals surface area (Å²) in [7, 11) is 0. The Bertz CT molecular complexity index is 668. The fraction of sp³-hybridized carbons (Fsp3) is 0.650. The molecule has 1 aromatic rings. The van der Waals surface area contributed by atoms with Crippen molar-refractivity contribution < 1.29 is 14.4 Å². The molecule has 1 aliphatic rings. The zero-order valence-corrected chi connectivity index (χ0v) is 17.4. The molecule has 1 saturated heterocycles. The molecule has 6 heteroatoms. The number of rotatable bonds is 5. The zero-order chi connectivity index (χ0) is 19.7. The van der Waals surface area contributed by atoms with Crippen LogP contribution in [0.4, 0.5) is 0 Å². The zero-order valence-electron chi connectivity index (χ0n) is 16.6. The number of ketones is 1. The first kappa shape index (κ1) is 20.6. The van der Waals surface area contributed by atoms with Gasteiger partial charge in [-0.2, -0.15) is 0 Å². The van der Waals surface area contributed by atoms with Crippen LogP contribution in [0, 0.1) is 10.8 Å². The van der Waals surface area contributed by atoms with Crippen LogP contribution >= 0.6 is 11.3 Å².